The molecule has 3 atom stereocenters. The molecule has 0 aromatic heterocycles. The van der Waals surface area contributed by atoms with Gasteiger partial charge in [-0.25, -0.2) is 0 Å². The predicted molar refractivity (Wildman–Crippen MR) is 84.9 cm³/mol. The van der Waals surface area contributed by atoms with Gasteiger partial charge in [-0.3, -0.25) is 4.79 Å². The van der Waals surface area contributed by atoms with E-state index < -0.39 is 6.04 Å². The highest BCUT2D eigenvalue weighted by Gasteiger charge is 2.28. The Morgan fingerprint density at radius 3 is 2.71 bits per heavy atom. The van der Waals surface area contributed by atoms with Crippen LogP contribution in [-0.4, -0.2) is 18.1 Å². The van der Waals surface area contributed by atoms with Crippen molar-refractivity contribution in [3.63, 3.8) is 0 Å². The molecule has 116 valence electrons. The second-order valence-electron chi connectivity index (χ2n) is 6.06. The Labute approximate surface area is 127 Å². The fourth-order valence-corrected chi connectivity index (χ4v) is 3.12. The summed E-state index contributed by atoms with van der Waals surface area (Å²) >= 11 is 0. The minimum Gasteiger partial charge on any atom is -0.461 e. The average molecular weight is 289 g/mol. The molecule has 1 aromatic carbocycles. The fourth-order valence-electron chi connectivity index (χ4n) is 3.12. The van der Waals surface area contributed by atoms with E-state index in [1.165, 1.54) is 18.4 Å². The monoisotopic (exact) mass is 289 g/mol. The predicted octanol–water partition coefficient (Wildman–Crippen LogP) is 3.46. The molecule has 2 rings (SSSR count). The van der Waals surface area contributed by atoms with Crippen LogP contribution < -0.4 is 5.73 Å². The third-order valence-electron chi connectivity index (χ3n) is 4.52. The zero-order valence-corrected chi connectivity index (χ0v) is 13.0. The lowest BCUT2D eigenvalue weighted by atomic mass is 9.85. The number of esters is 1. The maximum atomic E-state index is 12.1. The lowest BCUT2D eigenvalue weighted by Gasteiger charge is -2.31. The summed E-state index contributed by atoms with van der Waals surface area (Å²) in [4.78, 5) is 12.1. The average Bonchev–Trinajstić information content (AvgIpc) is 2.54. The Morgan fingerprint density at radius 2 is 2.00 bits per heavy atom. The molecule has 1 saturated carbocycles. The Kier molecular flexibility index (Phi) is 6.24. The summed E-state index contributed by atoms with van der Waals surface area (Å²) in [6, 6.07) is 9.62. The van der Waals surface area contributed by atoms with Crippen LogP contribution in [0.25, 0.3) is 0 Å². The lowest BCUT2D eigenvalue weighted by Crippen LogP contribution is -2.38. The molecule has 3 nitrogen and oxygen atoms in total. The molecular weight excluding hydrogens is 262 g/mol. The molecule has 0 aliphatic heterocycles. The third kappa shape index (κ3) is 4.85. The van der Waals surface area contributed by atoms with Crippen LogP contribution in [0.3, 0.4) is 0 Å². The molecular formula is C18H27NO2. The molecule has 2 unspecified atom stereocenters. The van der Waals surface area contributed by atoms with Crippen molar-refractivity contribution in [3.8, 4) is 0 Å². The summed E-state index contributed by atoms with van der Waals surface area (Å²) in [6.45, 7) is 2.17. The van der Waals surface area contributed by atoms with Gasteiger partial charge in [-0.05, 0) is 50.0 Å². The van der Waals surface area contributed by atoms with Gasteiger partial charge >= 0.3 is 5.97 Å². The summed E-state index contributed by atoms with van der Waals surface area (Å²) in [5.41, 5.74) is 7.21. The van der Waals surface area contributed by atoms with Crippen LogP contribution in [0, 0.1) is 5.92 Å². The van der Waals surface area contributed by atoms with Gasteiger partial charge in [0.2, 0.25) is 0 Å². The number of carbonyl (C=O) groups excluding carboxylic acids is 1. The van der Waals surface area contributed by atoms with Crippen LogP contribution in [0.5, 0.6) is 0 Å². The van der Waals surface area contributed by atoms with Crippen molar-refractivity contribution in [1.29, 1.82) is 0 Å². The van der Waals surface area contributed by atoms with E-state index in [2.05, 4.69) is 19.1 Å². The maximum absolute atomic E-state index is 12.1. The topological polar surface area (TPSA) is 52.3 Å². The van der Waals surface area contributed by atoms with Gasteiger partial charge in [0, 0.05) is 0 Å². The molecule has 0 radical (unpaired) electrons. The van der Waals surface area contributed by atoms with Crippen molar-refractivity contribution < 1.29 is 9.53 Å². The van der Waals surface area contributed by atoms with E-state index in [-0.39, 0.29) is 12.1 Å². The molecule has 1 aromatic rings. The number of carbonyl (C=O) groups is 1. The van der Waals surface area contributed by atoms with Crippen LogP contribution in [0.4, 0.5) is 0 Å². The van der Waals surface area contributed by atoms with Crippen LogP contribution in [-0.2, 0) is 16.0 Å². The van der Waals surface area contributed by atoms with Crippen molar-refractivity contribution in [2.75, 3.05) is 0 Å². The highest BCUT2D eigenvalue weighted by Crippen LogP contribution is 2.29. The van der Waals surface area contributed by atoms with Crippen molar-refractivity contribution in [2.45, 2.75) is 64.0 Å². The normalized spacial score (nSPS) is 23.5. The van der Waals surface area contributed by atoms with E-state index in [1.807, 2.05) is 18.2 Å². The summed E-state index contributed by atoms with van der Waals surface area (Å²) in [6.07, 6.45) is 7.21. The first-order valence-corrected chi connectivity index (χ1v) is 8.20. The largest absolute Gasteiger partial charge is 0.461 e. The van der Waals surface area contributed by atoms with Crippen molar-refractivity contribution in [3.05, 3.63) is 35.9 Å². The van der Waals surface area contributed by atoms with E-state index in [4.69, 9.17) is 10.5 Å². The molecule has 1 aliphatic carbocycles. The molecule has 1 aliphatic rings. The smallest absolute Gasteiger partial charge is 0.323 e. The zero-order chi connectivity index (χ0) is 15.1. The minimum absolute atomic E-state index is 0.0824. The summed E-state index contributed by atoms with van der Waals surface area (Å²) < 4.78 is 5.68. The van der Waals surface area contributed by atoms with Crippen LogP contribution in [0.1, 0.15) is 51.0 Å². The summed E-state index contributed by atoms with van der Waals surface area (Å²) in [5, 5.41) is 0. The van der Waals surface area contributed by atoms with Crippen molar-refractivity contribution >= 4 is 5.97 Å². The van der Waals surface area contributed by atoms with E-state index in [1.54, 1.807) is 0 Å². The van der Waals surface area contributed by atoms with Crippen LogP contribution >= 0.6 is 0 Å². The van der Waals surface area contributed by atoms with Gasteiger partial charge < -0.3 is 10.5 Å². The number of rotatable bonds is 6. The Balaban J connectivity index is 1.79. The number of aryl methyl sites for hydroxylation is 1. The SMILES string of the molecule is CCC1CCCCC1OC(=O)[C@@H](N)CCc1ccccc1. The molecule has 1 fully saturated rings. The second-order valence-corrected chi connectivity index (χ2v) is 6.06. The molecule has 0 saturated heterocycles. The van der Waals surface area contributed by atoms with Gasteiger partial charge in [0.15, 0.2) is 0 Å². The highest BCUT2D eigenvalue weighted by molar-refractivity contribution is 5.75. The third-order valence-corrected chi connectivity index (χ3v) is 4.52. The molecule has 0 heterocycles. The summed E-state index contributed by atoms with van der Waals surface area (Å²) in [7, 11) is 0. The number of nitrogens with two attached hydrogens (primary N) is 1. The molecule has 21 heavy (non-hydrogen) atoms. The van der Waals surface area contributed by atoms with Crippen LogP contribution in [0.15, 0.2) is 30.3 Å². The molecule has 0 amide bonds. The maximum Gasteiger partial charge on any atom is 0.323 e. The van der Waals surface area contributed by atoms with E-state index in [9.17, 15) is 4.79 Å². The Morgan fingerprint density at radius 1 is 1.29 bits per heavy atom. The highest BCUT2D eigenvalue weighted by atomic mass is 16.5. The Bertz CT molecular complexity index is 432. The lowest BCUT2D eigenvalue weighted by molar-refractivity contribution is -0.155. The minimum atomic E-state index is -0.510. The first-order valence-electron chi connectivity index (χ1n) is 8.20. The molecule has 0 bridgehead atoms. The second kappa shape index (κ2) is 8.18. The summed E-state index contributed by atoms with van der Waals surface area (Å²) in [5.74, 6) is 0.292. The molecule has 0 spiro atoms. The number of benzene rings is 1. The standard InChI is InChI=1S/C18H27NO2/c1-2-15-10-6-7-11-17(15)21-18(20)16(19)13-12-14-8-4-3-5-9-14/h3-5,8-9,15-17H,2,6-7,10-13,19H2,1H3/t15?,16-,17?/m0/s1. The van der Waals surface area contributed by atoms with E-state index >= 15 is 0 Å². The van der Waals surface area contributed by atoms with Gasteiger partial charge in [0.05, 0.1) is 0 Å². The zero-order valence-electron chi connectivity index (χ0n) is 13.0. The van der Waals surface area contributed by atoms with Crippen molar-refractivity contribution in [2.24, 2.45) is 11.7 Å². The van der Waals surface area contributed by atoms with Gasteiger partial charge in [-0.15, -0.1) is 0 Å². The first-order chi connectivity index (χ1) is 10.2. The Hall–Kier alpha value is -1.35. The van der Waals surface area contributed by atoms with Crippen molar-refractivity contribution in [1.82, 2.24) is 0 Å². The van der Waals surface area contributed by atoms with Crippen LogP contribution in [0.2, 0.25) is 0 Å². The molecule has 3 heteroatoms. The number of ether oxygens (including phenoxy) is 1. The quantitative estimate of drug-likeness (QED) is 0.816. The first kappa shape index (κ1) is 16.0. The van der Waals surface area contributed by atoms with E-state index in [0.29, 0.717) is 12.3 Å². The van der Waals surface area contributed by atoms with E-state index in [0.717, 1.165) is 25.7 Å². The van der Waals surface area contributed by atoms with Gasteiger partial charge in [0.1, 0.15) is 12.1 Å². The molecule has 2 N–H and O–H groups in total. The van der Waals surface area contributed by atoms with Gasteiger partial charge in [-0.1, -0.05) is 43.7 Å². The van der Waals surface area contributed by atoms with Gasteiger partial charge in [-0.2, -0.15) is 0 Å². The fraction of sp³-hybridized carbons (Fsp3) is 0.611. The number of hydrogen-bond acceptors (Lipinski definition) is 3. The van der Waals surface area contributed by atoms with Gasteiger partial charge in [0.25, 0.3) is 0 Å². The number of hydrogen-bond donors (Lipinski definition) is 1.